The summed E-state index contributed by atoms with van der Waals surface area (Å²) in [4.78, 5) is 13.6. The normalized spacial score (nSPS) is 17.5. The zero-order valence-electron chi connectivity index (χ0n) is 16.5. The maximum Gasteiger partial charge on any atom is 0.243 e. The molecule has 0 spiro atoms. The quantitative estimate of drug-likeness (QED) is 0.745. The number of likely N-dealkylation sites (N-methyl/N-ethyl adjacent to an activating group) is 1. The Kier molecular flexibility index (Phi) is 6.05. The van der Waals surface area contributed by atoms with E-state index in [1.807, 2.05) is 24.3 Å². The van der Waals surface area contributed by atoms with Gasteiger partial charge in [0.1, 0.15) is 5.75 Å². The smallest absolute Gasteiger partial charge is 0.243 e. The van der Waals surface area contributed by atoms with Gasteiger partial charge in [-0.15, -0.1) is 0 Å². The molecule has 1 amide bonds. The molecule has 2 aromatic carbocycles. The van der Waals surface area contributed by atoms with Crippen LogP contribution in [0.25, 0.3) is 0 Å². The molecule has 28 heavy (non-hydrogen) atoms. The van der Waals surface area contributed by atoms with E-state index in [2.05, 4.69) is 0 Å². The maximum atomic E-state index is 13.2. The van der Waals surface area contributed by atoms with E-state index >= 15 is 0 Å². The zero-order chi connectivity index (χ0) is 20.3. The molecular formula is C21H26N2O4S. The third kappa shape index (κ3) is 4.20. The molecule has 0 unspecified atom stereocenters. The summed E-state index contributed by atoms with van der Waals surface area (Å²) >= 11 is 0. The standard InChI is InChI=1S/C21H26N2O4S/c1-22(2)21(24)15-16-6-12-19(13-7-16)28(25,26)23-14-4-5-20(23)17-8-10-18(27-3)11-9-17/h6-13,20H,4-5,14-15H2,1-3H3/t20-/m0/s1. The van der Waals surface area contributed by atoms with Crippen LogP contribution < -0.4 is 4.74 Å². The van der Waals surface area contributed by atoms with Crippen LogP contribution in [0, 0.1) is 0 Å². The highest BCUT2D eigenvalue weighted by atomic mass is 32.2. The number of benzene rings is 2. The number of amides is 1. The Morgan fingerprint density at radius 2 is 1.75 bits per heavy atom. The second-order valence-corrected chi connectivity index (χ2v) is 9.05. The van der Waals surface area contributed by atoms with Gasteiger partial charge in [-0.3, -0.25) is 4.79 Å². The fourth-order valence-corrected chi connectivity index (χ4v) is 5.12. The molecule has 0 aromatic heterocycles. The summed E-state index contributed by atoms with van der Waals surface area (Å²) in [5, 5.41) is 0. The van der Waals surface area contributed by atoms with Crippen LogP contribution in [0.4, 0.5) is 0 Å². The lowest BCUT2D eigenvalue weighted by atomic mass is 10.1. The summed E-state index contributed by atoms with van der Waals surface area (Å²) in [5.41, 5.74) is 1.76. The van der Waals surface area contributed by atoms with E-state index in [0.29, 0.717) is 6.54 Å². The lowest BCUT2D eigenvalue weighted by molar-refractivity contribution is -0.127. The minimum atomic E-state index is -3.61. The third-order valence-electron chi connectivity index (χ3n) is 5.09. The molecule has 1 atom stereocenters. The fraction of sp³-hybridized carbons (Fsp3) is 0.381. The molecule has 0 radical (unpaired) electrons. The Morgan fingerprint density at radius 1 is 1.11 bits per heavy atom. The summed E-state index contributed by atoms with van der Waals surface area (Å²) in [6.45, 7) is 0.500. The van der Waals surface area contributed by atoms with Crippen LogP contribution in [0.2, 0.25) is 0 Å². The Bertz CT molecular complexity index is 922. The topological polar surface area (TPSA) is 66.9 Å². The van der Waals surface area contributed by atoms with Crippen molar-refractivity contribution in [3.8, 4) is 5.75 Å². The van der Waals surface area contributed by atoms with Crippen LogP contribution in [-0.4, -0.2) is 51.3 Å². The highest BCUT2D eigenvalue weighted by molar-refractivity contribution is 7.89. The van der Waals surface area contributed by atoms with Crippen LogP contribution in [0.15, 0.2) is 53.4 Å². The van der Waals surface area contributed by atoms with Gasteiger partial charge in [-0.25, -0.2) is 8.42 Å². The van der Waals surface area contributed by atoms with E-state index < -0.39 is 10.0 Å². The molecule has 0 N–H and O–H groups in total. The monoisotopic (exact) mass is 402 g/mol. The number of nitrogens with zero attached hydrogens (tertiary/aromatic N) is 2. The van der Waals surface area contributed by atoms with Crippen molar-refractivity contribution in [2.75, 3.05) is 27.7 Å². The average molecular weight is 403 g/mol. The van der Waals surface area contributed by atoms with Crippen molar-refractivity contribution in [2.24, 2.45) is 0 Å². The Balaban J connectivity index is 1.81. The first-order chi connectivity index (χ1) is 13.3. The van der Waals surface area contributed by atoms with Gasteiger partial charge in [0.15, 0.2) is 0 Å². The second-order valence-electron chi connectivity index (χ2n) is 7.16. The van der Waals surface area contributed by atoms with Crippen molar-refractivity contribution in [3.63, 3.8) is 0 Å². The molecule has 1 aliphatic heterocycles. The number of carbonyl (C=O) groups is 1. The van der Waals surface area contributed by atoms with E-state index in [-0.39, 0.29) is 23.3 Å². The Labute approximate surface area is 166 Å². The highest BCUT2D eigenvalue weighted by Crippen LogP contribution is 2.37. The third-order valence-corrected chi connectivity index (χ3v) is 7.01. The molecule has 1 saturated heterocycles. The molecule has 1 fully saturated rings. The van der Waals surface area contributed by atoms with Crippen molar-refractivity contribution in [1.29, 1.82) is 0 Å². The van der Waals surface area contributed by atoms with E-state index in [4.69, 9.17) is 4.74 Å². The van der Waals surface area contributed by atoms with Gasteiger partial charge in [0.05, 0.1) is 24.5 Å². The lowest BCUT2D eigenvalue weighted by Gasteiger charge is -2.24. The molecule has 0 bridgehead atoms. The van der Waals surface area contributed by atoms with Crippen LogP contribution in [-0.2, 0) is 21.2 Å². The molecule has 0 saturated carbocycles. The van der Waals surface area contributed by atoms with Gasteiger partial charge in [0.25, 0.3) is 0 Å². The lowest BCUT2D eigenvalue weighted by Crippen LogP contribution is -2.30. The highest BCUT2D eigenvalue weighted by Gasteiger charge is 2.36. The van der Waals surface area contributed by atoms with Crippen LogP contribution in [0.1, 0.15) is 30.0 Å². The maximum absolute atomic E-state index is 13.2. The minimum Gasteiger partial charge on any atom is -0.497 e. The summed E-state index contributed by atoms with van der Waals surface area (Å²) in [6.07, 6.45) is 1.87. The molecule has 3 rings (SSSR count). The van der Waals surface area contributed by atoms with Crippen molar-refractivity contribution in [2.45, 2.75) is 30.2 Å². The summed E-state index contributed by atoms with van der Waals surface area (Å²) in [7, 11) is 1.41. The predicted molar refractivity (Wildman–Crippen MR) is 108 cm³/mol. The van der Waals surface area contributed by atoms with Gasteiger partial charge in [-0.2, -0.15) is 4.31 Å². The molecule has 0 aliphatic carbocycles. The first kappa shape index (κ1) is 20.4. The van der Waals surface area contributed by atoms with Gasteiger partial charge in [-0.05, 0) is 48.2 Å². The first-order valence-electron chi connectivity index (χ1n) is 9.28. The number of methoxy groups -OCH3 is 1. The summed E-state index contributed by atoms with van der Waals surface area (Å²) in [5.74, 6) is 0.730. The molecule has 150 valence electrons. The molecular weight excluding hydrogens is 376 g/mol. The number of sulfonamides is 1. The van der Waals surface area contributed by atoms with Crippen LogP contribution >= 0.6 is 0 Å². The second kappa shape index (κ2) is 8.32. The van der Waals surface area contributed by atoms with Gasteiger partial charge in [-0.1, -0.05) is 24.3 Å². The zero-order valence-corrected chi connectivity index (χ0v) is 17.3. The molecule has 2 aromatic rings. The molecule has 1 heterocycles. The first-order valence-corrected chi connectivity index (χ1v) is 10.7. The van der Waals surface area contributed by atoms with Crippen LogP contribution in [0.3, 0.4) is 0 Å². The van der Waals surface area contributed by atoms with Gasteiger partial charge in [0.2, 0.25) is 15.9 Å². The van der Waals surface area contributed by atoms with E-state index in [9.17, 15) is 13.2 Å². The van der Waals surface area contributed by atoms with Crippen molar-refractivity contribution < 1.29 is 17.9 Å². The number of rotatable bonds is 6. The van der Waals surface area contributed by atoms with Crippen molar-refractivity contribution >= 4 is 15.9 Å². The largest absolute Gasteiger partial charge is 0.497 e. The fourth-order valence-electron chi connectivity index (χ4n) is 3.43. The van der Waals surface area contributed by atoms with Crippen molar-refractivity contribution in [1.82, 2.24) is 9.21 Å². The Morgan fingerprint density at radius 3 is 2.32 bits per heavy atom. The SMILES string of the molecule is COc1ccc([C@@H]2CCCN2S(=O)(=O)c2ccc(CC(=O)N(C)C)cc2)cc1. The molecule has 7 heteroatoms. The van der Waals surface area contributed by atoms with E-state index in [0.717, 1.165) is 29.7 Å². The minimum absolute atomic E-state index is 0.0188. The van der Waals surface area contributed by atoms with Gasteiger partial charge < -0.3 is 9.64 Å². The number of hydrogen-bond acceptors (Lipinski definition) is 4. The van der Waals surface area contributed by atoms with Gasteiger partial charge >= 0.3 is 0 Å². The van der Waals surface area contributed by atoms with Crippen molar-refractivity contribution in [3.05, 3.63) is 59.7 Å². The number of carbonyl (C=O) groups excluding carboxylic acids is 1. The average Bonchev–Trinajstić information content (AvgIpc) is 3.19. The summed E-state index contributed by atoms with van der Waals surface area (Å²) in [6, 6.07) is 14.0. The van der Waals surface area contributed by atoms with Crippen LogP contribution in [0.5, 0.6) is 5.75 Å². The van der Waals surface area contributed by atoms with E-state index in [1.54, 1.807) is 49.8 Å². The molecule has 6 nitrogen and oxygen atoms in total. The number of hydrogen-bond donors (Lipinski definition) is 0. The Hall–Kier alpha value is -2.38. The summed E-state index contributed by atoms with van der Waals surface area (Å²) < 4.78 is 33.2. The predicted octanol–water partition coefficient (Wildman–Crippen LogP) is 2.85. The van der Waals surface area contributed by atoms with Gasteiger partial charge in [0, 0.05) is 20.6 Å². The van der Waals surface area contributed by atoms with E-state index in [1.165, 1.54) is 4.90 Å². The molecule has 1 aliphatic rings. The number of ether oxygens (including phenoxy) is 1.